The molecule has 0 radical (unpaired) electrons. The molecular formula is C8H18N2O. The fourth-order valence-corrected chi connectivity index (χ4v) is 0.370. The highest BCUT2D eigenvalue weighted by atomic mass is 16.5. The zero-order valence-corrected chi connectivity index (χ0v) is 8.00. The number of hydrogen-bond acceptors (Lipinski definition) is 2. The lowest BCUT2D eigenvalue weighted by molar-refractivity contribution is -0.0794. The van der Waals surface area contributed by atoms with Crippen LogP contribution in [0, 0.1) is 0 Å². The number of aliphatic imine (C=N–C) groups is 1. The van der Waals surface area contributed by atoms with Crippen LogP contribution in [-0.4, -0.2) is 28.2 Å². The first-order chi connectivity index (χ1) is 4.84. The Morgan fingerprint density at radius 3 is 2.09 bits per heavy atom. The van der Waals surface area contributed by atoms with E-state index < -0.39 is 0 Å². The number of rotatable bonds is 2. The van der Waals surface area contributed by atoms with Crippen LogP contribution in [0.2, 0.25) is 0 Å². The van der Waals surface area contributed by atoms with Gasteiger partial charge in [-0.1, -0.05) is 0 Å². The normalized spacial score (nSPS) is 13.0. The average Bonchev–Trinajstić information content (AvgIpc) is 1.80. The highest BCUT2D eigenvalue weighted by molar-refractivity contribution is 5.54. The molecule has 0 amide bonds. The van der Waals surface area contributed by atoms with Gasteiger partial charge in [0.15, 0.2) is 0 Å². The molecule has 3 heteroatoms. The summed E-state index contributed by atoms with van der Waals surface area (Å²) in [6, 6.07) is 0.229. The molecule has 0 aliphatic heterocycles. The van der Waals surface area contributed by atoms with Crippen molar-refractivity contribution >= 4 is 6.34 Å². The molecule has 0 spiro atoms. The average molecular weight is 158 g/mol. The first-order valence-electron chi connectivity index (χ1n) is 3.85. The van der Waals surface area contributed by atoms with Gasteiger partial charge in [-0.15, -0.1) is 0 Å². The van der Waals surface area contributed by atoms with Crippen LogP contribution >= 0.6 is 0 Å². The van der Waals surface area contributed by atoms with Gasteiger partial charge in [0.1, 0.15) is 6.34 Å². The molecule has 0 saturated heterocycles. The predicted molar refractivity (Wildman–Crippen MR) is 47.0 cm³/mol. The third kappa shape index (κ3) is 4.79. The smallest absolute Gasteiger partial charge is 0.111 e. The largest absolute Gasteiger partial charge is 0.287 e. The second-order valence-corrected chi connectivity index (χ2v) is 3.87. The first-order valence-corrected chi connectivity index (χ1v) is 3.85. The maximum Gasteiger partial charge on any atom is 0.111 e. The molecule has 0 aromatic rings. The minimum absolute atomic E-state index is 0.229. The lowest BCUT2D eigenvalue weighted by atomic mass is 10.1. The highest BCUT2D eigenvalue weighted by Gasteiger charge is 2.15. The van der Waals surface area contributed by atoms with Crippen LogP contribution < -0.4 is 0 Å². The van der Waals surface area contributed by atoms with Gasteiger partial charge in [-0.2, -0.15) is 0 Å². The Bertz CT molecular complexity index is 136. The van der Waals surface area contributed by atoms with E-state index >= 15 is 0 Å². The maximum atomic E-state index is 9.32. The van der Waals surface area contributed by atoms with E-state index in [0.29, 0.717) is 0 Å². The topological polar surface area (TPSA) is 35.8 Å². The number of hydrogen-bond donors (Lipinski definition) is 1. The fourth-order valence-electron chi connectivity index (χ4n) is 0.370. The molecule has 0 unspecified atom stereocenters. The van der Waals surface area contributed by atoms with Crippen molar-refractivity contribution in [2.75, 3.05) is 0 Å². The molecule has 0 heterocycles. The standard InChI is InChI=1S/C8H18N2O/c1-7(2)9-6-10(11)8(3,4)5/h6-7,11H,1-5H3. The predicted octanol–water partition coefficient (Wildman–Crippen LogP) is 1.91. The van der Waals surface area contributed by atoms with Gasteiger partial charge < -0.3 is 0 Å². The second kappa shape index (κ2) is 3.72. The van der Waals surface area contributed by atoms with E-state index in [9.17, 15) is 5.21 Å². The van der Waals surface area contributed by atoms with Gasteiger partial charge >= 0.3 is 0 Å². The Morgan fingerprint density at radius 2 is 1.82 bits per heavy atom. The van der Waals surface area contributed by atoms with Crippen LogP contribution in [0.1, 0.15) is 34.6 Å². The Hall–Kier alpha value is -0.570. The summed E-state index contributed by atoms with van der Waals surface area (Å²) in [4.78, 5) is 4.04. The Kier molecular flexibility index (Phi) is 3.52. The van der Waals surface area contributed by atoms with Crippen LogP contribution in [0.4, 0.5) is 0 Å². The fraction of sp³-hybridized carbons (Fsp3) is 0.875. The molecule has 0 saturated carbocycles. The van der Waals surface area contributed by atoms with E-state index in [1.165, 1.54) is 6.34 Å². The summed E-state index contributed by atoms with van der Waals surface area (Å²) in [5.74, 6) is 0. The molecule has 66 valence electrons. The van der Waals surface area contributed by atoms with Crippen LogP contribution in [0.15, 0.2) is 4.99 Å². The molecule has 0 atom stereocenters. The molecule has 0 fully saturated rings. The van der Waals surface area contributed by atoms with Crippen LogP contribution in [0.3, 0.4) is 0 Å². The second-order valence-electron chi connectivity index (χ2n) is 3.87. The Labute approximate surface area is 68.7 Å². The summed E-state index contributed by atoms with van der Waals surface area (Å²) in [7, 11) is 0. The minimum atomic E-state index is -0.265. The van der Waals surface area contributed by atoms with Crippen LogP contribution in [0.25, 0.3) is 0 Å². The van der Waals surface area contributed by atoms with Gasteiger partial charge in [-0.25, -0.2) is 5.06 Å². The zero-order valence-electron chi connectivity index (χ0n) is 8.00. The lowest BCUT2D eigenvalue weighted by Gasteiger charge is -2.27. The summed E-state index contributed by atoms with van der Waals surface area (Å²) < 4.78 is 0. The van der Waals surface area contributed by atoms with Gasteiger partial charge in [0, 0.05) is 6.04 Å². The molecule has 0 aromatic heterocycles. The summed E-state index contributed by atoms with van der Waals surface area (Å²) in [5.41, 5.74) is -0.265. The van der Waals surface area contributed by atoms with Crippen molar-refractivity contribution in [3.63, 3.8) is 0 Å². The minimum Gasteiger partial charge on any atom is -0.287 e. The Morgan fingerprint density at radius 1 is 1.36 bits per heavy atom. The van der Waals surface area contributed by atoms with Gasteiger partial charge in [-0.3, -0.25) is 10.2 Å². The van der Waals surface area contributed by atoms with Crippen molar-refractivity contribution < 1.29 is 5.21 Å². The molecule has 0 aromatic carbocycles. The van der Waals surface area contributed by atoms with Gasteiger partial charge in [0.25, 0.3) is 0 Å². The van der Waals surface area contributed by atoms with Gasteiger partial charge in [0.05, 0.1) is 5.54 Å². The molecule has 1 N–H and O–H groups in total. The van der Waals surface area contributed by atoms with Crippen molar-refractivity contribution in [3.8, 4) is 0 Å². The van der Waals surface area contributed by atoms with Crippen LogP contribution in [0.5, 0.6) is 0 Å². The maximum absolute atomic E-state index is 9.32. The quantitative estimate of drug-likeness (QED) is 0.378. The van der Waals surface area contributed by atoms with Gasteiger partial charge in [-0.05, 0) is 34.6 Å². The third-order valence-corrected chi connectivity index (χ3v) is 1.16. The monoisotopic (exact) mass is 158 g/mol. The number of hydroxylamine groups is 2. The van der Waals surface area contributed by atoms with E-state index in [0.717, 1.165) is 5.06 Å². The summed E-state index contributed by atoms with van der Waals surface area (Å²) >= 11 is 0. The lowest BCUT2D eigenvalue weighted by Crippen LogP contribution is -2.37. The van der Waals surface area contributed by atoms with Gasteiger partial charge in [0.2, 0.25) is 0 Å². The highest BCUT2D eigenvalue weighted by Crippen LogP contribution is 2.07. The Balaban J connectivity index is 3.97. The summed E-state index contributed by atoms with van der Waals surface area (Å²) in [5, 5.41) is 10.4. The van der Waals surface area contributed by atoms with E-state index in [1.807, 2.05) is 34.6 Å². The molecular weight excluding hydrogens is 140 g/mol. The zero-order chi connectivity index (χ0) is 9.07. The summed E-state index contributed by atoms with van der Waals surface area (Å²) in [6.07, 6.45) is 1.46. The molecule has 0 aliphatic carbocycles. The molecule has 3 nitrogen and oxygen atoms in total. The number of nitrogens with zero attached hydrogens (tertiary/aromatic N) is 2. The summed E-state index contributed by atoms with van der Waals surface area (Å²) in [6.45, 7) is 9.68. The van der Waals surface area contributed by atoms with E-state index in [2.05, 4.69) is 4.99 Å². The SMILES string of the molecule is CC(C)N=CN(O)C(C)(C)C. The van der Waals surface area contributed by atoms with E-state index in [4.69, 9.17) is 0 Å². The van der Waals surface area contributed by atoms with Crippen molar-refractivity contribution in [1.82, 2.24) is 5.06 Å². The van der Waals surface area contributed by atoms with E-state index in [1.54, 1.807) is 0 Å². The van der Waals surface area contributed by atoms with Crippen molar-refractivity contribution in [2.24, 2.45) is 4.99 Å². The first kappa shape index (κ1) is 10.4. The van der Waals surface area contributed by atoms with Crippen LogP contribution in [-0.2, 0) is 0 Å². The van der Waals surface area contributed by atoms with Crippen molar-refractivity contribution in [1.29, 1.82) is 0 Å². The van der Waals surface area contributed by atoms with Crippen molar-refractivity contribution in [3.05, 3.63) is 0 Å². The van der Waals surface area contributed by atoms with Crippen molar-refractivity contribution in [2.45, 2.75) is 46.2 Å². The molecule has 0 bridgehead atoms. The molecule has 0 rings (SSSR count). The molecule has 11 heavy (non-hydrogen) atoms. The molecule has 0 aliphatic rings. The third-order valence-electron chi connectivity index (χ3n) is 1.16. The van der Waals surface area contributed by atoms with E-state index in [-0.39, 0.29) is 11.6 Å².